The van der Waals surface area contributed by atoms with Gasteiger partial charge in [0.05, 0.1) is 20.6 Å². The Morgan fingerprint density at radius 2 is 2.00 bits per heavy atom. The second-order valence-corrected chi connectivity index (χ2v) is 7.71. The largest absolute Gasteiger partial charge is 0.506 e. The number of halogens is 2. The van der Waals surface area contributed by atoms with Crippen LogP contribution in [0.25, 0.3) is 22.6 Å². The van der Waals surface area contributed by atoms with E-state index < -0.39 is 4.92 Å². The fraction of sp³-hybridized carbons (Fsp3) is 0. The number of nitro groups is 1. The lowest BCUT2D eigenvalue weighted by molar-refractivity contribution is -0.385. The Labute approximate surface area is 180 Å². The number of nitrogens with zero attached hydrogens (tertiary/aromatic N) is 4. The molecule has 29 heavy (non-hydrogen) atoms. The molecule has 0 unspecified atom stereocenters. The number of fused-ring (bicyclic) bond motifs is 1. The molecule has 0 amide bonds. The van der Waals surface area contributed by atoms with Crippen LogP contribution in [0.4, 0.5) is 11.4 Å². The van der Waals surface area contributed by atoms with Gasteiger partial charge in [-0.1, -0.05) is 0 Å². The van der Waals surface area contributed by atoms with Gasteiger partial charge < -0.3 is 9.52 Å². The van der Waals surface area contributed by atoms with Gasteiger partial charge in [-0.3, -0.25) is 20.1 Å². The van der Waals surface area contributed by atoms with Gasteiger partial charge in [0.25, 0.3) is 5.69 Å². The van der Waals surface area contributed by atoms with E-state index in [9.17, 15) is 15.2 Å². The average molecular weight is 518 g/mol. The summed E-state index contributed by atoms with van der Waals surface area (Å²) in [5.41, 5.74) is 2.51. The van der Waals surface area contributed by atoms with Crippen LogP contribution < -0.4 is 0 Å². The summed E-state index contributed by atoms with van der Waals surface area (Å²) in [4.78, 5) is 23.3. The Kier molecular flexibility index (Phi) is 5.12. The molecule has 0 aliphatic carbocycles. The van der Waals surface area contributed by atoms with Gasteiger partial charge in [0.2, 0.25) is 5.89 Å². The van der Waals surface area contributed by atoms with E-state index in [0.717, 1.165) is 10.0 Å². The number of phenols is 1. The number of nitro benzene ring substituents is 1. The standard InChI is InChI=1S/C19H10Br2N4O4/c20-12-3-11(7-22-9-12)19-24-16-5-13(1-2-17(16)29-19)23-8-10-4-14(25(27)28)6-15(21)18(10)26/h1-9,26H. The van der Waals surface area contributed by atoms with Crippen LogP contribution in [0.3, 0.4) is 0 Å². The van der Waals surface area contributed by atoms with Crippen molar-refractivity contribution in [2.45, 2.75) is 0 Å². The predicted octanol–water partition coefficient (Wildman–Crippen LogP) is 5.78. The van der Waals surface area contributed by atoms with Gasteiger partial charge in [0.1, 0.15) is 11.3 Å². The summed E-state index contributed by atoms with van der Waals surface area (Å²) in [6.45, 7) is 0. The molecule has 0 saturated heterocycles. The zero-order valence-electron chi connectivity index (χ0n) is 14.4. The Morgan fingerprint density at radius 3 is 2.76 bits per heavy atom. The molecule has 0 aliphatic heterocycles. The molecule has 2 aromatic carbocycles. The van der Waals surface area contributed by atoms with Crippen molar-refractivity contribution in [2.75, 3.05) is 0 Å². The number of aromatic hydroxyl groups is 1. The van der Waals surface area contributed by atoms with Gasteiger partial charge in [-0.05, 0) is 56.1 Å². The third kappa shape index (κ3) is 4.03. The van der Waals surface area contributed by atoms with Crippen LogP contribution in [-0.4, -0.2) is 26.2 Å². The first-order valence-corrected chi connectivity index (χ1v) is 9.72. The first-order valence-electron chi connectivity index (χ1n) is 8.13. The van der Waals surface area contributed by atoms with Crippen molar-refractivity contribution in [3.63, 3.8) is 0 Å². The zero-order chi connectivity index (χ0) is 20.5. The molecule has 2 heterocycles. The maximum Gasteiger partial charge on any atom is 0.271 e. The monoisotopic (exact) mass is 516 g/mol. The van der Waals surface area contributed by atoms with Crippen LogP contribution in [0.1, 0.15) is 5.56 Å². The fourth-order valence-electron chi connectivity index (χ4n) is 2.60. The molecule has 4 rings (SSSR count). The molecule has 0 atom stereocenters. The van der Waals surface area contributed by atoms with Crippen molar-refractivity contribution in [1.82, 2.24) is 9.97 Å². The van der Waals surface area contributed by atoms with Crippen molar-refractivity contribution >= 4 is 60.5 Å². The second kappa shape index (κ2) is 7.72. The first-order chi connectivity index (χ1) is 13.9. The van der Waals surface area contributed by atoms with Gasteiger partial charge >= 0.3 is 0 Å². The van der Waals surface area contributed by atoms with Gasteiger partial charge in [-0.25, -0.2) is 4.98 Å². The SMILES string of the molecule is O=[N+]([O-])c1cc(Br)c(O)c(C=Nc2ccc3oc(-c4cncc(Br)c4)nc3c2)c1. The molecule has 144 valence electrons. The molecule has 0 saturated carbocycles. The Hall–Kier alpha value is -3.11. The summed E-state index contributed by atoms with van der Waals surface area (Å²) in [7, 11) is 0. The lowest BCUT2D eigenvalue weighted by atomic mass is 10.2. The molecular formula is C19H10Br2N4O4. The summed E-state index contributed by atoms with van der Waals surface area (Å²) in [6, 6.07) is 9.49. The number of pyridine rings is 1. The lowest BCUT2D eigenvalue weighted by Gasteiger charge is -2.02. The molecule has 1 N–H and O–H groups in total. The third-order valence-electron chi connectivity index (χ3n) is 3.96. The van der Waals surface area contributed by atoms with Crippen molar-refractivity contribution < 1.29 is 14.4 Å². The molecule has 0 radical (unpaired) electrons. The molecular weight excluding hydrogens is 508 g/mol. The third-order valence-corrected chi connectivity index (χ3v) is 5.00. The van der Waals surface area contributed by atoms with Crippen LogP contribution in [0.2, 0.25) is 0 Å². The van der Waals surface area contributed by atoms with Crippen LogP contribution in [0.15, 0.2) is 67.1 Å². The molecule has 10 heteroatoms. The normalized spacial score (nSPS) is 11.4. The zero-order valence-corrected chi connectivity index (χ0v) is 17.6. The number of oxazole rings is 1. The smallest absolute Gasteiger partial charge is 0.271 e. The van der Waals surface area contributed by atoms with Crippen LogP contribution in [0.5, 0.6) is 5.75 Å². The van der Waals surface area contributed by atoms with E-state index in [4.69, 9.17) is 4.42 Å². The topological polar surface area (TPSA) is 115 Å². The highest BCUT2D eigenvalue weighted by Crippen LogP contribution is 2.32. The van der Waals surface area contributed by atoms with E-state index in [1.54, 1.807) is 30.6 Å². The lowest BCUT2D eigenvalue weighted by Crippen LogP contribution is -1.91. The van der Waals surface area contributed by atoms with Crippen molar-refractivity contribution in [2.24, 2.45) is 4.99 Å². The van der Waals surface area contributed by atoms with E-state index in [1.807, 2.05) is 6.07 Å². The van der Waals surface area contributed by atoms with Gasteiger partial charge in [0, 0.05) is 40.8 Å². The minimum absolute atomic E-state index is 0.133. The van der Waals surface area contributed by atoms with E-state index in [1.165, 1.54) is 18.3 Å². The van der Waals surface area contributed by atoms with Crippen molar-refractivity contribution in [3.8, 4) is 17.2 Å². The average Bonchev–Trinajstić information content (AvgIpc) is 3.12. The number of benzene rings is 2. The fourth-order valence-corrected chi connectivity index (χ4v) is 3.43. The quantitative estimate of drug-likeness (QED) is 0.208. The number of hydrogen-bond acceptors (Lipinski definition) is 7. The molecule has 0 fully saturated rings. The number of aromatic nitrogens is 2. The molecule has 2 aromatic heterocycles. The molecule has 0 bridgehead atoms. The number of rotatable bonds is 4. The van der Waals surface area contributed by atoms with E-state index in [0.29, 0.717) is 22.7 Å². The maximum atomic E-state index is 11.0. The van der Waals surface area contributed by atoms with E-state index in [-0.39, 0.29) is 21.5 Å². The summed E-state index contributed by atoms with van der Waals surface area (Å²) in [5, 5.41) is 21.1. The van der Waals surface area contributed by atoms with Crippen LogP contribution in [0, 0.1) is 10.1 Å². The summed E-state index contributed by atoms with van der Waals surface area (Å²) >= 11 is 6.47. The van der Waals surface area contributed by atoms with Gasteiger partial charge in [-0.15, -0.1) is 0 Å². The van der Waals surface area contributed by atoms with E-state index in [2.05, 4.69) is 46.8 Å². The molecule has 0 spiro atoms. The van der Waals surface area contributed by atoms with Crippen LogP contribution in [-0.2, 0) is 0 Å². The van der Waals surface area contributed by atoms with Crippen molar-refractivity contribution in [1.29, 1.82) is 0 Å². The highest BCUT2D eigenvalue weighted by atomic mass is 79.9. The Morgan fingerprint density at radius 1 is 1.17 bits per heavy atom. The number of aliphatic imine (C=N–C) groups is 1. The number of hydrogen-bond donors (Lipinski definition) is 1. The summed E-state index contributed by atoms with van der Waals surface area (Å²) in [5.74, 6) is 0.293. The highest BCUT2D eigenvalue weighted by Gasteiger charge is 2.14. The van der Waals surface area contributed by atoms with Crippen LogP contribution >= 0.6 is 31.9 Å². The molecule has 0 aliphatic rings. The number of non-ortho nitro benzene ring substituents is 1. The predicted molar refractivity (Wildman–Crippen MR) is 115 cm³/mol. The highest BCUT2D eigenvalue weighted by molar-refractivity contribution is 9.10. The van der Waals surface area contributed by atoms with Gasteiger partial charge in [0.15, 0.2) is 5.58 Å². The number of phenolic OH excluding ortho intramolecular Hbond substituents is 1. The molecule has 4 aromatic rings. The Balaban J connectivity index is 1.68. The Bertz CT molecular complexity index is 1290. The maximum absolute atomic E-state index is 11.0. The first kappa shape index (κ1) is 19.2. The summed E-state index contributed by atoms with van der Waals surface area (Å²) in [6.07, 6.45) is 4.67. The summed E-state index contributed by atoms with van der Waals surface area (Å²) < 4.78 is 6.78. The minimum Gasteiger partial charge on any atom is -0.506 e. The minimum atomic E-state index is -0.540. The van der Waals surface area contributed by atoms with Gasteiger partial charge in [-0.2, -0.15) is 0 Å². The second-order valence-electron chi connectivity index (χ2n) is 5.94. The van der Waals surface area contributed by atoms with E-state index >= 15 is 0 Å². The molecule has 8 nitrogen and oxygen atoms in total. The van der Waals surface area contributed by atoms with Crippen molar-refractivity contribution in [3.05, 3.63) is 73.4 Å².